The van der Waals surface area contributed by atoms with Gasteiger partial charge in [0.1, 0.15) is 6.34 Å². The number of carbonyl (C=O) groups is 1. The molecule has 0 aromatic carbocycles. The zero-order valence-corrected chi connectivity index (χ0v) is 12.4. The molecule has 0 aromatic rings. The predicted octanol–water partition coefficient (Wildman–Crippen LogP) is 0.369. The summed E-state index contributed by atoms with van der Waals surface area (Å²) in [6.07, 6.45) is 10.1. The summed E-state index contributed by atoms with van der Waals surface area (Å²) in [5, 5.41) is 2.74. The molecule has 114 valence electrons. The second-order valence-electron chi connectivity index (χ2n) is 4.70. The number of amides is 1. The van der Waals surface area contributed by atoms with Gasteiger partial charge in [0, 0.05) is 31.5 Å². The molecular weight excluding hydrogens is 292 g/mol. The van der Waals surface area contributed by atoms with Crippen molar-refractivity contribution >= 4 is 22.5 Å². The molecule has 0 aromatic heterocycles. The van der Waals surface area contributed by atoms with Crippen molar-refractivity contribution in [1.82, 2.24) is 13.9 Å². The van der Waals surface area contributed by atoms with Crippen LogP contribution in [0.4, 0.5) is 0 Å². The van der Waals surface area contributed by atoms with Crippen molar-refractivity contribution in [2.24, 2.45) is 4.99 Å². The Morgan fingerprint density at radius 2 is 2.24 bits per heavy atom. The number of piperidine rings is 1. The minimum absolute atomic E-state index is 0.204. The van der Waals surface area contributed by atoms with Crippen LogP contribution >= 0.6 is 0 Å². The fraction of sp³-hybridized carbons (Fsp3) is 0.385. The van der Waals surface area contributed by atoms with Gasteiger partial charge < -0.3 is 5.32 Å². The average Bonchev–Trinajstić information content (AvgIpc) is 2.77. The van der Waals surface area contributed by atoms with E-state index in [1.54, 1.807) is 12.2 Å². The van der Waals surface area contributed by atoms with Crippen molar-refractivity contribution in [3.05, 3.63) is 37.2 Å². The van der Waals surface area contributed by atoms with E-state index in [9.17, 15) is 13.2 Å². The molecule has 0 saturated carbocycles. The Morgan fingerprint density at radius 3 is 3.00 bits per heavy atom. The molecule has 1 atom stereocenters. The second-order valence-corrected chi connectivity index (χ2v) is 6.53. The highest BCUT2D eigenvalue weighted by atomic mass is 32.2. The average molecular weight is 310 g/mol. The van der Waals surface area contributed by atoms with E-state index in [4.69, 9.17) is 0 Å². The van der Waals surface area contributed by atoms with E-state index in [1.165, 1.54) is 29.1 Å². The lowest BCUT2D eigenvalue weighted by atomic mass is 10.1. The van der Waals surface area contributed by atoms with Gasteiger partial charge in [0.05, 0.1) is 0 Å². The SMILES string of the molecule is C=CC(=O)N[C@@H]1CCCN(S(=O)(=O)N2C=CC=CN=C2)C1. The zero-order chi connectivity index (χ0) is 15.3. The molecule has 2 aliphatic rings. The highest BCUT2D eigenvalue weighted by Gasteiger charge is 2.32. The first-order valence-electron chi connectivity index (χ1n) is 6.62. The van der Waals surface area contributed by atoms with Gasteiger partial charge in [0.2, 0.25) is 5.91 Å². The van der Waals surface area contributed by atoms with Crippen LogP contribution in [0.25, 0.3) is 0 Å². The molecule has 0 radical (unpaired) electrons. The highest BCUT2D eigenvalue weighted by Crippen LogP contribution is 2.17. The molecular formula is C13H18N4O3S. The minimum Gasteiger partial charge on any atom is -0.349 e. The fourth-order valence-corrected chi connectivity index (χ4v) is 3.57. The number of rotatable bonds is 4. The van der Waals surface area contributed by atoms with E-state index in [-0.39, 0.29) is 18.5 Å². The molecule has 1 amide bonds. The van der Waals surface area contributed by atoms with Crippen molar-refractivity contribution < 1.29 is 13.2 Å². The van der Waals surface area contributed by atoms with Gasteiger partial charge in [0.15, 0.2) is 0 Å². The monoisotopic (exact) mass is 310 g/mol. The number of nitrogens with zero attached hydrogens (tertiary/aromatic N) is 3. The van der Waals surface area contributed by atoms with Crippen LogP contribution in [0.3, 0.4) is 0 Å². The Hall–Kier alpha value is -1.93. The molecule has 1 N–H and O–H groups in total. The molecule has 2 aliphatic heterocycles. The Balaban J connectivity index is 2.09. The van der Waals surface area contributed by atoms with Crippen molar-refractivity contribution in [3.63, 3.8) is 0 Å². The van der Waals surface area contributed by atoms with Crippen LogP contribution in [-0.2, 0) is 15.0 Å². The zero-order valence-electron chi connectivity index (χ0n) is 11.6. The molecule has 1 saturated heterocycles. The summed E-state index contributed by atoms with van der Waals surface area (Å²) >= 11 is 0. The van der Waals surface area contributed by atoms with Gasteiger partial charge in [-0.2, -0.15) is 12.7 Å². The highest BCUT2D eigenvalue weighted by molar-refractivity contribution is 7.87. The summed E-state index contributed by atoms with van der Waals surface area (Å²) in [6, 6.07) is -0.204. The van der Waals surface area contributed by atoms with E-state index < -0.39 is 10.2 Å². The van der Waals surface area contributed by atoms with Crippen LogP contribution in [0.2, 0.25) is 0 Å². The van der Waals surface area contributed by atoms with Crippen LogP contribution in [0, 0.1) is 0 Å². The van der Waals surface area contributed by atoms with Crippen LogP contribution < -0.4 is 5.32 Å². The predicted molar refractivity (Wildman–Crippen MR) is 80.5 cm³/mol. The summed E-state index contributed by atoms with van der Waals surface area (Å²) in [6.45, 7) is 4.06. The number of hydrogen-bond acceptors (Lipinski definition) is 4. The number of aliphatic imine (C=N–C) groups is 1. The summed E-state index contributed by atoms with van der Waals surface area (Å²) in [5.74, 6) is -0.292. The lowest BCUT2D eigenvalue weighted by molar-refractivity contribution is -0.117. The molecule has 2 rings (SSSR count). The van der Waals surface area contributed by atoms with Crippen molar-refractivity contribution in [1.29, 1.82) is 0 Å². The Morgan fingerprint density at radius 1 is 1.43 bits per heavy atom. The first kappa shape index (κ1) is 15.5. The number of allylic oxidation sites excluding steroid dienone is 2. The summed E-state index contributed by atoms with van der Waals surface area (Å²) < 4.78 is 27.5. The van der Waals surface area contributed by atoms with E-state index in [1.807, 2.05) is 0 Å². The topological polar surface area (TPSA) is 82.1 Å². The van der Waals surface area contributed by atoms with Crippen LogP contribution in [0.15, 0.2) is 42.2 Å². The minimum atomic E-state index is -3.67. The van der Waals surface area contributed by atoms with Crippen molar-refractivity contribution in [2.75, 3.05) is 13.1 Å². The third-order valence-corrected chi connectivity index (χ3v) is 4.94. The fourth-order valence-electron chi connectivity index (χ4n) is 2.18. The molecule has 7 nitrogen and oxygen atoms in total. The number of nitrogens with one attached hydrogen (secondary N) is 1. The summed E-state index contributed by atoms with van der Waals surface area (Å²) in [4.78, 5) is 15.2. The first-order valence-corrected chi connectivity index (χ1v) is 8.02. The van der Waals surface area contributed by atoms with E-state index in [0.29, 0.717) is 13.0 Å². The summed E-state index contributed by atoms with van der Waals surface area (Å²) in [7, 11) is -3.67. The normalized spacial score (nSPS) is 22.9. The van der Waals surface area contributed by atoms with Gasteiger partial charge >= 0.3 is 10.2 Å². The van der Waals surface area contributed by atoms with Gasteiger partial charge in [-0.25, -0.2) is 9.30 Å². The number of carbonyl (C=O) groups excluding carboxylic acids is 1. The lowest BCUT2D eigenvalue weighted by Crippen LogP contribution is -2.52. The standard InChI is InChI=1S/C13H18N4O3S/c1-2-13(18)15-12-6-5-9-16(10-12)21(19,20)17-8-4-3-7-14-11-17/h2-4,7-8,11-12H,1,5-6,9-10H2,(H,15,18)/t12-/m1/s1. The Labute approximate surface area is 124 Å². The van der Waals surface area contributed by atoms with E-state index >= 15 is 0 Å². The molecule has 8 heteroatoms. The maximum Gasteiger partial charge on any atom is 0.308 e. The third-order valence-electron chi connectivity index (χ3n) is 3.21. The maximum absolute atomic E-state index is 12.5. The molecule has 0 unspecified atom stereocenters. The van der Waals surface area contributed by atoms with Crippen LogP contribution in [0.5, 0.6) is 0 Å². The largest absolute Gasteiger partial charge is 0.349 e. The maximum atomic E-state index is 12.5. The molecule has 0 spiro atoms. The molecule has 21 heavy (non-hydrogen) atoms. The lowest BCUT2D eigenvalue weighted by Gasteiger charge is -2.33. The molecule has 1 fully saturated rings. The molecule has 0 aliphatic carbocycles. The summed E-state index contributed by atoms with van der Waals surface area (Å²) in [5.41, 5.74) is 0. The van der Waals surface area contributed by atoms with Crippen LogP contribution in [-0.4, -0.2) is 48.4 Å². The van der Waals surface area contributed by atoms with Gasteiger partial charge in [-0.3, -0.25) is 4.79 Å². The van der Waals surface area contributed by atoms with Crippen LogP contribution in [0.1, 0.15) is 12.8 Å². The quantitative estimate of drug-likeness (QED) is 0.762. The molecule has 0 bridgehead atoms. The van der Waals surface area contributed by atoms with E-state index in [0.717, 1.165) is 10.7 Å². The van der Waals surface area contributed by atoms with Gasteiger partial charge in [0.25, 0.3) is 0 Å². The Bertz CT molecular complexity index is 579. The van der Waals surface area contributed by atoms with Gasteiger partial charge in [-0.15, -0.1) is 0 Å². The third kappa shape index (κ3) is 3.79. The molecule has 2 heterocycles. The van der Waals surface area contributed by atoms with Gasteiger partial charge in [-0.05, 0) is 31.1 Å². The first-order chi connectivity index (χ1) is 10.0. The smallest absolute Gasteiger partial charge is 0.308 e. The van der Waals surface area contributed by atoms with Crippen molar-refractivity contribution in [2.45, 2.75) is 18.9 Å². The van der Waals surface area contributed by atoms with Gasteiger partial charge in [-0.1, -0.05) is 6.58 Å². The number of hydrogen-bond donors (Lipinski definition) is 1. The van der Waals surface area contributed by atoms with Crippen molar-refractivity contribution in [3.8, 4) is 0 Å². The second kappa shape index (κ2) is 6.68. The Kier molecular flexibility index (Phi) is 4.92. The van der Waals surface area contributed by atoms with E-state index in [2.05, 4.69) is 16.9 Å².